The van der Waals surface area contributed by atoms with Crippen LogP contribution in [0.3, 0.4) is 0 Å². The van der Waals surface area contributed by atoms with Gasteiger partial charge in [0.05, 0.1) is 23.1 Å². The van der Waals surface area contributed by atoms with Crippen molar-refractivity contribution in [3.63, 3.8) is 0 Å². The molecule has 0 aliphatic rings. The van der Waals surface area contributed by atoms with Crippen LogP contribution in [0.1, 0.15) is 16.2 Å². The molecule has 0 radical (unpaired) electrons. The van der Waals surface area contributed by atoms with E-state index in [9.17, 15) is 4.79 Å². The fourth-order valence-electron chi connectivity index (χ4n) is 3.01. The minimum Gasteiger partial charge on any atom is -0.319 e. The molecule has 0 atom stereocenters. The van der Waals surface area contributed by atoms with E-state index in [0.29, 0.717) is 11.4 Å². The molecule has 7 nitrogen and oxygen atoms in total. The predicted molar refractivity (Wildman–Crippen MR) is 109 cm³/mol. The van der Waals surface area contributed by atoms with E-state index in [-0.39, 0.29) is 5.91 Å². The molecule has 2 N–H and O–H groups in total. The molecule has 0 saturated heterocycles. The summed E-state index contributed by atoms with van der Waals surface area (Å²) in [5.41, 5.74) is 4.68. The van der Waals surface area contributed by atoms with Crippen molar-refractivity contribution in [1.29, 1.82) is 0 Å². The molecule has 1 aromatic carbocycles. The Balaban J connectivity index is 1.59. The summed E-state index contributed by atoms with van der Waals surface area (Å²) in [6.45, 7) is 0.745. The second-order valence-corrected chi connectivity index (χ2v) is 6.80. The summed E-state index contributed by atoms with van der Waals surface area (Å²) in [5, 5.41) is 10.7. The van der Waals surface area contributed by atoms with Gasteiger partial charge in [-0.3, -0.25) is 19.9 Å². The fourth-order valence-corrected chi connectivity index (χ4v) is 3.01. The van der Waals surface area contributed by atoms with Gasteiger partial charge in [0.2, 0.25) is 0 Å². The number of anilines is 1. The maximum Gasteiger partial charge on any atom is 0.276 e. The van der Waals surface area contributed by atoms with Crippen LogP contribution >= 0.6 is 0 Å². The minimum atomic E-state index is -0.281. The van der Waals surface area contributed by atoms with Gasteiger partial charge in [-0.1, -0.05) is 12.1 Å². The third kappa shape index (κ3) is 3.74. The molecule has 0 aliphatic heterocycles. The van der Waals surface area contributed by atoms with Crippen molar-refractivity contribution in [3.05, 3.63) is 72.4 Å². The van der Waals surface area contributed by atoms with Crippen LogP contribution in [0.15, 0.2) is 61.1 Å². The second kappa shape index (κ2) is 7.58. The van der Waals surface area contributed by atoms with Gasteiger partial charge in [0.15, 0.2) is 5.69 Å². The molecule has 4 aromatic rings. The number of nitrogens with one attached hydrogen (secondary N) is 2. The van der Waals surface area contributed by atoms with E-state index in [1.807, 2.05) is 61.5 Å². The minimum absolute atomic E-state index is 0.281. The van der Waals surface area contributed by atoms with Gasteiger partial charge in [0, 0.05) is 29.9 Å². The molecule has 7 heteroatoms. The maximum absolute atomic E-state index is 12.8. The summed E-state index contributed by atoms with van der Waals surface area (Å²) in [6, 6.07) is 13.5. The number of hydrogen-bond acceptors (Lipinski definition) is 5. The van der Waals surface area contributed by atoms with E-state index in [1.165, 1.54) is 0 Å². The largest absolute Gasteiger partial charge is 0.319 e. The van der Waals surface area contributed by atoms with Gasteiger partial charge in [0.1, 0.15) is 0 Å². The monoisotopic (exact) mass is 372 g/mol. The van der Waals surface area contributed by atoms with Gasteiger partial charge in [-0.05, 0) is 50.0 Å². The first kappa shape index (κ1) is 17.8. The van der Waals surface area contributed by atoms with E-state index < -0.39 is 0 Å². The predicted octanol–water partition coefficient (Wildman–Crippen LogP) is 3.33. The number of aromatic nitrogens is 4. The Bertz CT molecular complexity index is 1100. The van der Waals surface area contributed by atoms with Crippen molar-refractivity contribution in [2.24, 2.45) is 0 Å². The Labute approximate surface area is 162 Å². The first-order valence-corrected chi connectivity index (χ1v) is 8.90. The number of benzene rings is 1. The number of fused-ring (bicyclic) bond motifs is 1. The highest BCUT2D eigenvalue weighted by Crippen LogP contribution is 2.25. The number of carbonyl (C=O) groups is 1. The summed E-state index contributed by atoms with van der Waals surface area (Å²) < 4.78 is 0. The average Bonchev–Trinajstić information content (AvgIpc) is 3.13. The summed E-state index contributed by atoms with van der Waals surface area (Å²) in [4.78, 5) is 23.3. The van der Waals surface area contributed by atoms with Gasteiger partial charge in [-0.2, -0.15) is 5.10 Å². The Hall–Kier alpha value is -3.58. The smallest absolute Gasteiger partial charge is 0.276 e. The Morgan fingerprint density at radius 3 is 2.71 bits per heavy atom. The van der Waals surface area contributed by atoms with E-state index in [0.717, 1.165) is 34.3 Å². The summed E-state index contributed by atoms with van der Waals surface area (Å²) in [6.07, 6.45) is 5.19. The number of carbonyl (C=O) groups excluding carboxylic acids is 1. The molecule has 0 aliphatic carbocycles. The number of pyridine rings is 2. The highest BCUT2D eigenvalue weighted by atomic mass is 16.1. The number of rotatable bonds is 5. The zero-order valence-corrected chi connectivity index (χ0v) is 15.7. The molecular weight excluding hydrogens is 352 g/mol. The topological polar surface area (TPSA) is 86.8 Å². The van der Waals surface area contributed by atoms with Crippen molar-refractivity contribution in [3.8, 4) is 11.1 Å². The number of nitrogens with zero attached hydrogens (tertiary/aromatic N) is 4. The molecule has 28 heavy (non-hydrogen) atoms. The van der Waals surface area contributed by atoms with Crippen molar-refractivity contribution in [2.75, 3.05) is 19.4 Å². The van der Waals surface area contributed by atoms with Crippen LogP contribution in [0.2, 0.25) is 0 Å². The lowest BCUT2D eigenvalue weighted by molar-refractivity contribution is 0.102. The molecule has 3 heterocycles. The molecule has 4 rings (SSSR count). The van der Waals surface area contributed by atoms with Crippen LogP contribution in [0.4, 0.5) is 5.69 Å². The number of aromatic amines is 1. The third-order valence-corrected chi connectivity index (χ3v) is 4.33. The summed E-state index contributed by atoms with van der Waals surface area (Å²) >= 11 is 0. The normalized spacial score (nSPS) is 11.1. The number of amides is 1. The molecule has 0 bridgehead atoms. The Morgan fingerprint density at radius 1 is 1.11 bits per heavy atom. The Morgan fingerprint density at radius 2 is 2.00 bits per heavy atom. The standard InChI is InChI=1S/C21H20N6O/c1-27(2)13-17-7-6-16(12-23-17)24-21(28)20-18-10-14(5-8-19(18)25-26-20)15-4-3-9-22-11-15/h3-12H,13H2,1-2H3,(H,24,28)(H,25,26). The lowest BCUT2D eigenvalue weighted by Crippen LogP contribution is -2.14. The molecular formula is C21H20N6O. The highest BCUT2D eigenvalue weighted by molar-refractivity contribution is 6.11. The second-order valence-electron chi connectivity index (χ2n) is 6.80. The molecule has 0 spiro atoms. The third-order valence-electron chi connectivity index (χ3n) is 4.33. The lowest BCUT2D eigenvalue weighted by Gasteiger charge is -2.09. The van der Waals surface area contributed by atoms with Gasteiger partial charge in [-0.15, -0.1) is 0 Å². The van der Waals surface area contributed by atoms with Crippen molar-refractivity contribution in [1.82, 2.24) is 25.1 Å². The van der Waals surface area contributed by atoms with Crippen LogP contribution in [0.25, 0.3) is 22.0 Å². The molecule has 0 unspecified atom stereocenters. The van der Waals surface area contributed by atoms with Gasteiger partial charge < -0.3 is 10.2 Å². The fraction of sp³-hybridized carbons (Fsp3) is 0.143. The first-order valence-electron chi connectivity index (χ1n) is 8.90. The quantitative estimate of drug-likeness (QED) is 0.561. The maximum atomic E-state index is 12.8. The van der Waals surface area contributed by atoms with Crippen molar-refractivity contribution < 1.29 is 4.79 Å². The number of hydrogen-bond donors (Lipinski definition) is 2. The van der Waals surface area contributed by atoms with Crippen LogP contribution < -0.4 is 5.32 Å². The zero-order valence-electron chi connectivity index (χ0n) is 15.7. The van der Waals surface area contributed by atoms with Crippen LogP contribution in [-0.2, 0) is 6.54 Å². The zero-order chi connectivity index (χ0) is 19.5. The SMILES string of the molecule is CN(C)Cc1ccc(NC(=O)c2n[nH]c3ccc(-c4cccnc4)cc23)cn1. The highest BCUT2D eigenvalue weighted by Gasteiger charge is 2.15. The van der Waals surface area contributed by atoms with Gasteiger partial charge in [-0.25, -0.2) is 0 Å². The van der Waals surface area contributed by atoms with E-state index in [1.54, 1.807) is 18.6 Å². The molecule has 3 aromatic heterocycles. The summed E-state index contributed by atoms with van der Waals surface area (Å²) in [7, 11) is 3.97. The number of H-pyrrole nitrogens is 1. The molecule has 0 fully saturated rings. The van der Waals surface area contributed by atoms with E-state index >= 15 is 0 Å². The van der Waals surface area contributed by atoms with Crippen molar-refractivity contribution in [2.45, 2.75) is 6.54 Å². The van der Waals surface area contributed by atoms with Gasteiger partial charge in [0.25, 0.3) is 5.91 Å². The van der Waals surface area contributed by atoms with Gasteiger partial charge >= 0.3 is 0 Å². The average molecular weight is 372 g/mol. The Kier molecular flexibility index (Phi) is 4.82. The van der Waals surface area contributed by atoms with Crippen LogP contribution in [-0.4, -0.2) is 45.1 Å². The lowest BCUT2D eigenvalue weighted by atomic mass is 10.0. The van der Waals surface area contributed by atoms with Crippen LogP contribution in [0.5, 0.6) is 0 Å². The summed E-state index contributed by atoms with van der Waals surface area (Å²) in [5.74, 6) is -0.281. The molecule has 140 valence electrons. The van der Waals surface area contributed by atoms with E-state index in [2.05, 4.69) is 25.5 Å². The van der Waals surface area contributed by atoms with Crippen LogP contribution in [0, 0.1) is 0 Å². The van der Waals surface area contributed by atoms with Crippen molar-refractivity contribution >= 4 is 22.5 Å². The first-order chi connectivity index (χ1) is 13.6. The van der Waals surface area contributed by atoms with E-state index in [4.69, 9.17) is 0 Å². The molecule has 1 amide bonds. The molecule has 0 saturated carbocycles.